The van der Waals surface area contributed by atoms with Gasteiger partial charge in [-0.3, -0.25) is 4.79 Å². The standard InChI is InChI=1S/C11H16ClNO3S/c1-11(5-6-14,7-16-2)13-10(15)8-3-4-9(12)17-8/h3-4,14H,5-7H2,1-2H3,(H,13,15). The summed E-state index contributed by atoms with van der Waals surface area (Å²) in [7, 11) is 1.56. The van der Waals surface area contributed by atoms with Gasteiger partial charge in [-0.2, -0.15) is 0 Å². The van der Waals surface area contributed by atoms with Crippen LogP contribution in [0.2, 0.25) is 4.34 Å². The van der Waals surface area contributed by atoms with E-state index in [1.807, 2.05) is 6.92 Å². The van der Waals surface area contributed by atoms with Crippen LogP contribution in [-0.2, 0) is 4.74 Å². The van der Waals surface area contributed by atoms with Gasteiger partial charge in [0.2, 0.25) is 0 Å². The molecule has 1 aromatic heterocycles. The maximum atomic E-state index is 11.9. The van der Waals surface area contributed by atoms with Crippen molar-refractivity contribution in [3.8, 4) is 0 Å². The number of methoxy groups -OCH3 is 1. The fourth-order valence-corrected chi connectivity index (χ4v) is 2.45. The second-order valence-electron chi connectivity index (χ2n) is 4.03. The minimum absolute atomic E-state index is 0.00859. The second-order valence-corrected chi connectivity index (χ2v) is 5.74. The van der Waals surface area contributed by atoms with E-state index in [9.17, 15) is 4.79 Å². The zero-order chi connectivity index (χ0) is 12.9. The molecule has 0 radical (unpaired) electrons. The van der Waals surface area contributed by atoms with Gasteiger partial charge in [0.25, 0.3) is 5.91 Å². The zero-order valence-electron chi connectivity index (χ0n) is 9.83. The van der Waals surface area contributed by atoms with Crippen molar-refractivity contribution in [2.45, 2.75) is 18.9 Å². The summed E-state index contributed by atoms with van der Waals surface area (Å²) in [5.74, 6) is -0.199. The molecule has 2 N–H and O–H groups in total. The smallest absolute Gasteiger partial charge is 0.261 e. The topological polar surface area (TPSA) is 58.6 Å². The molecule has 17 heavy (non-hydrogen) atoms. The number of halogens is 1. The number of aliphatic hydroxyl groups excluding tert-OH is 1. The summed E-state index contributed by atoms with van der Waals surface area (Å²) in [4.78, 5) is 12.5. The Morgan fingerprint density at radius 1 is 1.65 bits per heavy atom. The molecule has 1 heterocycles. The van der Waals surface area contributed by atoms with E-state index in [4.69, 9.17) is 21.4 Å². The van der Waals surface area contributed by atoms with E-state index in [1.165, 1.54) is 11.3 Å². The number of carbonyl (C=O) groups is 1. The third-order valence-corrected chi connectivity index (χ3v) is 3.57. The van der Waals surface area contributed by atoms with Crippen LogP contribution in [0.25, 0.3) is 0 Å². The van der Waals surface area contributed by atoms with E-state index >= 15 is 0 Å². The summed E-state index contributed by atoms with van der Waals surface area (Å²) in [5, 5.41) is 11.8. The Bertz CT molecular complexity index is 375. The van der Waals surface area contributed by atoms with Gasteiger partial charge < -0.3 is 15.2 Å². The molecule has 1 atom stereocenters. The predicted octanol–water partition coefficient (Wildman–Crippen LogP) is 1.92. The van der Waals surface area contributed by atoms with Gasteiger partial charge in [-0.25, -0.2) is 0 Å². The molecule has 0 saturated carbocycles. The molecule has 6 heteroatoms. The van der Waals surface area contributed by atoms with Gasteiger partial charge in [0.15, 0.2) is 0 Å². The Morgan fingerprint density at radius 2 is 2.35 bits per heavy atom. The average Bonchev–Trinajstić information content (AvgIpc) is 2.65. The van der Waals surface area contributed by atoms with Crippen LogP contribution in [0.4, 0.5) is 0 Å². The van der Waals surface area contributed by atoms with Crippen LogP contribution in [0.1, 0.15) is 23.0 Å². The maximum Gasteiger partial charge on any atom is 0.261 e. The van der Waals surface area contributed by atoms with E-state index in [1.54, 1.807) is 19.2 Å². The number of rotatable bonds is 6. The van der Waals surface area contributed by atoms with Gasteiger partial charge in [0, 0.05) is 13.7 Å². The van der Waals surface area contributed by atoms with Gasteiger partial charge in [0.1, 0.15) is 0 Å². The lowest BCUT2D eigenvalue weighted by molar-refractivity contribution is 0.0729. The minimum atomic E-state index is -0.572. The first-order valence-electron chi connectivity index (χ1n) is 5.18. The van der Waals surface area contributed by atoms with E-state index in [0.29, 0.717) is 22.2 Å². The van der Waals surface area contributed by atoms with E-state index in [0.717, 1.165) is 0 Å². The van der Waals surface area contributed by atoms with Crippen molar-refractivity contribution in [2.24, 2.45) is 0 Å². The number of hydrogen-bond acceptors (Lipinski definition) is 4. The molecule has 0 bridgehead atoms. The fraction of sp³-hybridized carbons (Fsp3) is 0.545. The molecule has 1 unspecified atom stereocenters. The SMILES string of the molecule is COCC(C)(CCO)NC(=O)c1ccc(Cl)s1. The molecule has 0 aliphatic heterocycles. The Morgan fingerprint density at radius 3 is 2.82 bits per heavy atom. The fourth-order valence-electron chi connectivity index (χ4n) is 1.51. The summed E-state index contributed by atoms with van der Waals surface area (Å²) >= 11 is 6.99. The molecular formula is C11H16ClNO3S. The first kappa shape index (κ1) is 14.4. The maximum absolute atomic E-state index is 11.9. The molecule has 4 nitrogen and oxygen atoms in total. The summed E-state index contributed by atoms with van der Waals surface area (Å²) < 4.78 is 5.63. The van der Waals surface area contributed by atoms with Crippen molar-refractivity contribution < 1.29 is 14.6 Å². The Hall–Kier alpha value is -0.620. The number of ether oxygens (including phenoxy) is 1. The van der Waals surface area contributed by atoms with E-state index < -0.39 is 5.54 Å². The molecule has 0 aliphatic rings. The molecule has 0 spiro atoms. The van der Waals surface area contributed by atoms with Crippen LogP contribution in [0.5, 0.6) is 0 Å². The minimum Gasteiger partial charge on any atom is -0.396 e. The third-order valence-electron chi connectivity index (χ3n) is 2.34. The highest BCUT2D eigenvalue weighted by Gasteiger charge is 2.26. The number of carbonyl (C=O) groups excluding carboxylic acids is 1. The normalized spacial score (nSPS) is 14.4. The first-order chi connectivity index (χ1) is 8.00. The molecule has 0 fully saturated rings. The van der Waals surface area contributed by atoms with E-state index in [-0.39, 0.29) is 12.5 Å². The number of thiophene rings is 1. The lowest BCUT2D eigenvalue weighted by Gasteiger charge is -2.29. The van der Waals surface area contributed by atoms with Gasteiger partial charge >= 0.3 is 0 Å². The Labute approximate surface area is 110 Å². The number of amides is 1. The molecule has 96 valence electrons. The van der Waals surface area contributed by atoms with E-state index in [2.05, 4.69) is 5.32 Å². The third kappa shape index (κ3) is 4.27. The summed E-state index contributed by atoms with van der Waals surface area (Å²) in [6.45, 7) is 2.17. The van der Waals surface area contributed by atoms with Gasteiger partial charge in [-0.1, -0.05) is 11.6 Å². The van der Waals surface area contributed by atoms with Gasteiger partial charge in [-0.15, -0.1) is 11.3 Å². The summed E-state index contributed by atoms with van der Waals surface area (Å²) in [6, 6.07) is 3.36. The van der Waals surface area contributed by atoms with Crippen LogP contribution in [0, 0.1) is 0 Å². The molecule has 0 saturated heterocycles. The lowest BCUT2D eigenvalue weighted by atomic mass is 9.99. The largest absolute Gasteiger partial charge is 0.396 e. The van der Waals surface area contributed by atoms with Crippen molar-refractivity contribution >= 4 is 28.8 Å². The van der Waals surface area contributed by atoms with Crippen molar-refractivity contribution in [1.82, 2.24) is 5.32 Å². The predicted molar refractivity (Wildman–Crippen MR) is 68.8 cm³/mol. The monoisotopic (exact) mass is 277 g/mol. The highest BCUT2D eigenvalue weighted by Crippen LogP contribution is 2.22. The highest BCUT2D eigenvalue weighted by molar-refractivity contribution is 7.18. The van der Waals surface area contributed by atoms with Gasteiger partial charge in [-0.05, 0) is 25.5 Å². The average molecular weight is 278 g/mol. The van der Waals surface area contributed by atoms with Crippen molar-refractivity contribution in [1.29, 1.82) is 0 Å². The second kappa shape index (κ2) is 6.35. The highest BCUT2D eigenvalue weighted by atomic mass is 35.5. The lowest BCUT2D eigenvalue weighted by Crippen LogP contribution is -2.49. The van der Waals surface area contributed by atoms with Crippen molar-refractivity contribution in [3.05, 3.63) is 21.3 Å². The van der Waals surface area contributed by atoms with Crippen LogP contribution >= 0.6 is 22.9 Å². The number of hydrogen-bond donors (Lipinski definition) is 2. The molecular weight excluding hydrogens is 262 g/mol. The summed E-state index contributed by atoms with van der Waals surface area (Å²) in [6.07, 6.45) is 0.436. The first-order valence-corrected chi connectivity index (χ1v) is 6.38. The molecule has 1 aromatic rings. The van der Waals surface area contributed by atoms with Crippen LogP contribution < -0.4 is 5.32 Å². The van der Waals surface area contributed by atoms with Crippen LogP contribution in [0.3, 0.4) is 0 Å². The summed E-state index contributed by atoms with van der Waals surface area (Å²) in [5.41, 5.74) is -0.572. The molecule has 1 rings (SSSR count). The van der Waals surface area contributed by atoms with Crippen molar-refractivity contribution in [2.75, 3.05) is 20.3 Å². The molecule has 1 amide bonds. The van der Waals surface area contributed by atoms with Crippen LogP contribution in [0.15, 0.2) is 12.1 Å². The quantitative estimate of drug-likeness (QED) is 0.835. The number of nitrogens with one attached hydrogen (secondary N) is 1. The Balaban J connectivity index is 2.70. The Kier molecular flexibility index (Phi) is 5.39. The molecule has 0 aliphatic carbocycles. The zero-order valence-corrected chi connectivity index (χ0v) is 11.4. The van der Waals surface area contributed by atoms with Crippen LogP contribution in [-0.4, -0.2) is 36.9 Å². The number of aliphatic hydroxyl groups is 1. The van der Waals surface area contributed by atoms with Crippen molar-refractivity contribution in [3.63, 3.8) is 0 Å². The van der Waals surface area contributed by atoms with Gasteiger partial charge in [0.05, 0.1) is 21.4 Å². The molecule has 0 aromatic carbocycles.